The summed E-state index contributed by atoms with van der Waals surface area (Å²) in [5, 5.41) is 17.1. The molecule has 0 atom stereocenters. The largest absolute Gasteiger partial charge is 0.481 e. The number of rotatable bonds is 8. The number of carboxylic acid groups (broad SMARTS) is 2. The molecule has 0 fully saturated rings. The third-order valence-electron chi connectivity index (χ3n) is 1.79. The predicted octanol–water partition coefficient (Wildman–Crippen LogP) is 1.70. The third kappa shape index (κ3) is 5.85. The normalized spacial score (nSPS) is 10.4. The molecule has 0 aliphatic carbocycles. The minimum Gasteiger partial charge on any atom is -0.481 e. The van der Waals surface area contributed by atoms with Crippen molar-refractivity contribution in [3.63, 3.8) is 0 Å². The molecular weight excluding hydrogens is 204 g/mol. The van der Waals surface area contributed by atoms with Gasteiger partial charge in [-0.1, -0.05) is 13.3 Å². The van der Waals surface area contributed by atoms with Gasteiger partial charge in [0.25, 0.3) is 0 Å². The van der Waals surface area contributed by atoms with E-state index in [1.165, 1.54) is 0 Å². The molecule has 0 unspecified atom stereocenters. The highest BCUT2D eigenvalue weighted by molar-refractivity contribution is 7.99. The SMILES string of the molecule is CCCCSCCC(C(=O)O)C(=O)O. The smallest absolute Gasteiger partial charge is 0.317 e. The first-order valence-electron chi connectivity index (χ1n) is 4.63. The van der Waals surface area contributed by atoms with Crippen molar-refractivity contribution >= 4 is 23.7 Å². The molecule has 0 heterocycles. The van der Waals surface area contributed by atoms with Gasteiger partial charge >= 0.3 is 11.9 Å². The number of thioether (sulfide) groups is 1. The quantitative estimate of drug-likeness (QED) is 0.481. The van der Waals surface area contributed by atoms with Gasteiger partial charge in [0.1, 0.15) is 0 Å². The number of hydrogen-bond acceptors (Lipinski definition) is 3. The van der Waals surface area contributed by atoms with Gasteiger partial charge in [-0.2, -0.15) is 11.8 Å². The van der Waals surface area contributed by atoms with Crippen LogP contribution in [0.15, 0.2) is 0 Å². The third-order valence-corrected chi connectivity index (χ3v) is 2.89. The maximum Gasteiger partial charge on any atom is 0.317 e. The molecule has 0 rings (SSSR count). The molecule has 4 nitrogen and oxygen atoms in total. The lowest BCUT2D eigenvalue weighted by atomic mass is 10.1. The number of unbranched alkanes of at least 4 members (excludes halogenated alkanes) is 1. The van der Waals surface area contributed by atoms with E-state index in [1.807, 2.05) is 0 Å². The first kappa shape index (κ1) is 13.3. The number of carbonyl (C=O) groups is 2. The van der Waals surface area contributed by atoms with Crippen molar-refractivity contribution in [2.45, 2.75) is 26.2 Å². The van der Waals surface area contributed by atoms with E-state index in [1.54, 1.807) is 11.8 Å². The average Bonchev–Trinajstić information content (AvgIpc) is 2.09. The standard InChI is InChI=1S/C9H16O4S/c1-2-3-5-14-6-4-7(8(10)11)9(12)13/h7H,2-6H2,1H3,(H,10,11)(H,12,13). The van der Waals surface area contributed by atoms with Gasteiger partial charge < -0.3 is 10.2 Å². The van der Waals surface area contributed by atoms with Crippen molar-refractivity contribution in [3.8, 4) is 0 Å². The zero-order chi connectivity index (χ0) is 11.0. The molecule has 0 aromatic carbocycles. The summed E-state index contributed by atoms with van der Waals surface area (Å²) >= 11 is 1.61. The summed E-state index contributed by atoms with van der Waals surface area (Å²) in [6, 6.07) is 0. The molecular formula is C9H16O4S. The fourth-order valence-corrected chi connectivity index (χ4v) is 2.00. The molecule has 0 aromatic rings. The summed E-state index contributed by atoms with van der Waals surface area (Å²) in [4.78, 5) is 20.9. The van der Waals surface area contributed by atoms with Gasteiger partial charge in [-0.3, -0.25) is 9.59 Å². The van der Waals surface area contributed by atoms with Crippen molar-refractivity contribution in [2.24, 2.45) is 5.92 Å². The summed E-state index contributed by atoms with van der Waals surface area (Å²) < 4.78 is 0. The van der Waals surface area contributed by atoms with Gasteiger partial charge in [0.15, 0.2) is 5.92 Å². The van der Waals surface area contributed by atoms with E-state index in [4.69, 9.17) is 10.2 Å². The Kier molecular flexibility index (Phi) is 7.28. The van der Waals surface area contributed by atoms with Crippen molar-refractivity contribution in [2.75, 3.05) is 11.5 Å². The molecule has 14 heavy (non-hydrogen) atoms. The van der Waals surface area contributed by atoms with E-state index >= 15 is 0 Å². The molecule has 2 N–H and O–H groups in total. The molecule has 0 radical (unpaired) electrons. The zero-order valence-electron chi connectivity index (χ0n) is 8.23. The highest BCUT2D eigenvalue weighted by atomic mass is 32.2. The highest BCUT2D eigenvalue weighted by Gasteiger charge is 2.24. The topological polar surface area (TPSA) is 74.6 Å². The maximum atomic E-state index is 10.5. The second-order valence-electron chi connectivity index (χ2n) is 2.98. The summed E-state index contributed by atoms with van der Waals surface area (Å²) in [7, 11) is 0. The monoisotopic (exact) mass is 220 g/mol. The fourth-order valence-electron chi connectivity index (χ4n) is 0.902. The Hall–Kier alpha value is -0.710. The van der Waals surface area contributed by atoms with E-state index in [0.29, 0.717) is 5.75 Å². The van der Waals surface area contributed by atoms with Gasteiger partial charge in [0.05, 0.1) is 0 Å². The molecule has 0 saturated heterocycles. The Morgan fingerprint density at radius 2 is 1.79 bits per heavy atom. The van der Waals surface area contributed by atoms with Gasteiger partial charge in [-0.25, -0.2) is 0 Å². The highest BCUT2D eigenvalue weighted by Crippen LogP contribution is 2.12. The van der Waals surface area contributed by atoms with Crippen LogP contribution in [0.5, 0.6) is 0 Å². The molecule has 82 valence electrons. The van der Waals surface area contributed by atoms with Crippen molar-refractivity contribution in [1.29, 1.82) is 0 Å². The van der Waals surface area contributed by atoms with Crippen LogP contribution in [0.4, 0.5) is 0 Å². The Morgan fingerprint density at radius 3 is 2.21 bits per heavy atom. The van der Waals surface area contributed by atoms with Crippen molar-refractivity contribution in [1.82, 2.24) is 0 Å². The molecule has 5 heteroatoms. The predicted molar refractivity (Wildman–Crippen MR) is 55.6 cm³/mol. The Morgan fingerprint density at radius 1 is 1.21 bits per heavy atom. The minimum atomic E-state index is -1.25. The van der Waals surface area contributed by atoms with Crippen LogP contribution in [-0.4, -0.2) is 33.7 Å². The van der Waals surface area contributed by atoms with Gasteiger partial charge in [-0.15, -0.1) is 0 Å². The maximum absolute atomic E-state index is 10.5. The first-order valence-corrected chi connectivity index (χ1v) is 5.78. The van der Waals surface area contributed by atoms with Crippen LogP contribution in [0.1, 0.15) is 26.2 Å². The second kappa shape index (κ2) is 7.67. The molecule has 0 amide bonds. The summed E-state index contributed by atoms with van der Waals surface area (Å²) in [6.07, 6.45) is 2.41. The number of aliphatic carboxylic acids is 2. The van der Waals surface area contributed by atoms with E-state index in [-0.39, 0.29) is 6.42 Å². The lowest BCUT2D eigenvalue weighted by Crippen LogP contribution is -2.23. The average molecular weight is 220 g/mol. The van der Waals surface area contributed by atoms with Gasteiger partial charge in [-0.05, 0) is 24.3 Å². The first-order chi connectivity index (χ1) is 6.59. The van der Waals surface area contributed by atoms with Crippen LogP contribution in [0.3, 0.4) is 0 Å². The zero-order valence-corrected chi connectivity index (χ0v) is 9.05. The van der Waals surface area contributed by atoms with Gasteiger partial charge in [0.2, 0.25) is 0 Å². The summed E-state index contributed by atoms with van der Waals surface area (Å²) in [5.74, 6) is -2.16. The molecule has 0 bridgehead atoms. The van der Waals surface area contributed by atoms with E-state index in [0.717, 1.165) is 18.6 Å². The molecule has 0 aliphatic rings. The molecule has 0 saturated carbocycles. The minimum absolute atomic E-state index is 0.207. The van der Waals surface area contributed by atoms with Crippen molar-refractivity contribution in [3.05, 3.63) is 0 Å². The number of hydrogen-bond donors (Lipinski definition) is 2. The second-order valence-corrected chi connectivity index (χ2v) is 4.21. The Labute approximate surface area is 87.7 Å². The summed E-state index contributed by atoms with van der Waals surface area (Å²) in [5.41, 5.74) is 0. The lowest BCUT2D eigenvalue weighted by Gasteiger charge is -2.06. The van der Waals surface area contributed by atoms with Crippen LogP contribution >= 0.6 is 11.8 Å². The van der Waals surface area contributed by atoms with Crippen molar-refractivity contribution < 1.29 is 19.8 Å². The van der Waals surface area contributed by atoms with Crippen LogP contribution in [0, 0.1) is 5.92 Å². The van der Waals surface area contributed by atoms with Crippen LogP contribution in [0.25, 0.3) is 0 Å². The Balaban J connectivity index is 3.62. The van der Waals surface area contributed by atoms with Crippen LogP contribution < -0.4 is 0 Å². The van der Waals surface area contributed by atoms with Crippen LogP contribution in [0.2, 0.25) is 0 Å². The molecule has 0 aliphatic heterocycles. The van der Waals surface area contributed by atoms with E-state index in [2.05, 4.69) is 6.92 Å². The summed E-state index contributed by atoms with van der Waals surface area (Å²) in [6.45, 7) is 2.08. The molecule has 0 aromatic heterocycles. The molecule has 0 spiro atoms. The fraction of sp³-hybridized carbons (Fsp3) is 0.778. The number of carboxylic acids is 2. The van der Waals surface area contributed by atoms with Crippen LogP contribution in [-0.2, 0) is 9.59 Å². The lowest BCUT2D eigenvalue weighted by molar-refractivity contribution is -0.154. The van der Waals surface area contributed by atoms with Gasteiger partial charge in [0, 0.05) is 0 Å². The van der Waals surface area contributed by atoms with E-state index < -0.39 is 17.9 Å². The Bertz CT molecular complexity index is 179. The van der Waals surface area contributed by atoms with E-state index in [9.17, 15) is 9.59 Å².